The van der Waals surface area contributed by atoms with E-state index in [0.717, 1.165) is 6.42 Å². The Bertz CT molecular complexity index is 705. The van der Waals surface area contributed by atoms with E-state index in [1.54, 1.807) is 14.1 Å². The van der Waals surface area contributed by atoms with Crippen LogP contribution in [-0.4, -0.2) is 58.8 Å². The predicted octanol–water partition coefficient (Wildman–Crippen LogP) is 1.46. The summed E-state index contributed by atoms with van der Waals surface area (Å²) < 4.78 is 10.2. The second-order valence-electron chi connectivity index (χ2n) is 6.10. The Labute approximate surface area is 139 Å². The number of carbonyl (C=O) groups excluding carboxylic acids is 2. The van der Waals surface area contributed by atoms with Crippen molar-refractivity contribution < 1.29 is 18.4 Å². The zero-order valence-corrected chi connectivity index (χ0v) is 13.8. The fraction of sp³-hybridized carbons (Fsp3) is 0.500. The van der Waals surface area contributed by atoms with Crippen LogP contribution >= 0.6 is 0 Å². The molecule has 1 saturated carbocycles. The van der Waals surface area contributed by atoms with Crippen LogP contribution in [0.25, 0.3) is 0 Å². The highest BCUT2D eigenvalue weighted by atomic mass is 16.3. The molecule has 3 rings (SSSR count). The van der Waals surface area contributed by atoms with Crippen LogP contribution in [0.1, 0.15) is 39.7 Å². The topological polar surface area (TPSA) is 92.7 Å². The zero-order valence-electron chi connectivity index (χ0n) is 13.8. The van der Waals surface area contributed by atoms with E-state index in [2.05, 4.69) is 9.97 Å². The number of nitrogens with zero attached hydrogens (tertiary/aromatic N) is 4. The molecule has 0 spiro atoms. The lowest BCUT2D eigenvalue weighted by Gasteiger charge is -2.21. The normalized spacial score (nSPS) is 13.8. The third-order valence-electron chi connectivity index (χ3n) is 4.05. The lowest BCUT2D eigenvalue weighted by Crippen LogP contribution is -2.37. The summed E-state index contributed by atoms with van der Waals surface area (Å²) in [6, 6.07) is 0. The average Bonchev–Trinajstić information content (AvgIpc) is 3.06. The van der Waals surface area contributed by atoms with E-state index >= 15 is 0 Å². The Morgan fingerprint density at radius 1 is 1.12 bits per heavy atom. The van der Waals surface area contributed by atoms with Gasteiger partial charge in [0.15, 0.2) is 23.7 Å². The fourth-order valence-electron chi connectivity index (χ4n) is 2.28. The molecule has 8 nitrogen and oxygen atoms in total. The SMILES string of the molecule is CN(CCN(C)C(=O)c1coc(CC2CC2)n1)C(=O)c1cocn1. The summed E-state index contributed by atoms with van der Waals surface area (Å²) in [4.78, 5) is 35.5. The summed E-state index contributed by atoms with van der Waals surface area (Å²) in [5.41, 5.74) is 0.548. The number of amides is 2. The first-order chi connectivity index (χ1) is 11.5. The molecule has 2 heterocycles. The lowest BCUT2D eigenvalue weighted by molar-refractivity contribution is 0.0712. The van der Waals surface area contributed by atoms with Crippen LogP contribution in [0, 0.1) is 5.92 Å². The molecule has 0 saturated heterocycles. The molecule has 0 unspecified atom stereocenters. The monoisotopic (exact) mass is 332 g/mol. The van der Waals surface area contributed by atoms with E-state index in [0.29, 0.717) is 30.6 Å². The number of hydrogen-bond donors (Lipinski definition) is 0. The molecular formula is C16H20N4O4. The summed E-state index contributed by atoms with van der Waals surface area (Å²) in [5.74, 6) is 0.800. The van der Waals surface area contributed by atoms with E-state index in [1.165, 1.54) is 41.6 Å². The summed E-state index contributed by atoms with van der Waals surface area (Å²) in [6.45, 7) is 0.754. The lowest BCUT2D eigenvalue weighted by atomic mass is 10.3. The third-order valence-corrected chi connectivity index (χ3v) is 4.05. The number of aromatic nitrogens is 2. The van der Waals surface area contributed by atoms with Gasteiger partial charge in [-0.3, -0.25) is 9.59 Å². The molecule has 0 atom stereocenters. The third kappa shape index (κ3) is 3.81. The summed E-state index contributed by atoms with van der Waals surface area (Å²) >= 11 is 0. The number of oxazole rings is 2. The van der Waals surface area contributed by atoms with Gasteiger partial charge >= 0.3 is 0 Å². The molecule has 0 aliphatic heterocycles. The van der Waals surface area contributed by atoms with Crippen molar-refractivity contribution in [1.29, 1.82) is 0 Å². The van der Waals surface area contributed by atoms with Crippen LogP contribution in [-0.2, 0) is 6.42 Å². The molecule has 128 valence electrons. The van der Waals surface area contributed by atoms with Crippen molar-refractivity contribution in [1.82, 2.24) is 19.8 Å². The average molecular weight is 332 g/mol. The van der Waals surface area contributed by atoms with Gasteiger partial charge in [-0.25, -0.2) is 9.97 Å². The molecule has 0 radical (unpaired) electrons. The van der Waals surface area contributed by atoms with E-state index in [1.807, 2.05) is 0 Å². The summed E-state index contributed by atoms with van der Waals surface area (Å²) in [7, 11) is 3.32. The Morgan fingerprint density at radius 3 is 2.38 bits per heavy atom. The van der Waals surface area contributed by atoms with Crippen molar-refractivity contribution in [2.75, 3.05) is 27.2 Å². The predicted molar refractivity (Wildman–Crippen MR) is 83.4 cm³/mol. The molecular weight excluding hydrogens is 312 g/mol. The molecule has 2 aromatic heterocycles. The first-order valence-corrected chi connectivity index (χ1v) is 7.88. The highest BCUT2D eigenvalue weighted by Crippen LogP contribution is 2.32. The van der Waals surface area contributed by atoms with Crippen LogP contribution in [0.5, 0.6) is 0 Å². The second-order valence-corrected chi connectivity index (χ2v) is 6.10. The molecule has 0 N–H and O–H groups in total. The number of hydrogen-bond acceptors (Lipinski definition) is 6. The molecule has 2 amide bonds. The molecule has 8 heteroatoms. The maximum Gasteiger partial charge on any atom is 0.275 e. The van der Waals surface area contributed by atoms with Gasteiger partial charge in [-0.15, -0.1) is 0 Å². The Morgan fingerprint density at radius 2 is 1.79 bits per heavy atom. The van der Waals surface area contributed by atoms with E-state index < -0.39 is 0 Å². The second kappa shape index (κ2) is 6.86. The largest absolute Gasteiger partial charge is 0.451 e. The van der Waals surface area contributed by atoms with Gasteiger partial charge in [-0.1, -0.05) is 0 Å². The molecule has 24 heavy (non-hydrogen) atoms. The van der Waals surface area contributed by atoms with Crippen molar-refractivity contribution in [2.24, 2.45) is 5.92 Å². The van der Waals surface area contributed by atoms with Crippen molar-refractivity contribution in [3.8, 4) is 0 Å². The molecule has 2 aromatic rings. The van der Waals surface area contributed by atoms with Crippen LogP contribution < -0.4 is 0 Å². The maximum atomic E-state index is 12.3. The summed E-state index contributed by atoms with van der Waals surface area (Å²) in [6.07, 6.45) is 7.12. The summed E-state index contributed by atoms with van der Waals surface area (Å²) in [5, 5.41) is 0. The van der Waals surface area contributed by atoms with E-state index in [-0.39, 0.29) is 17.5 Å². The molecule has 1 aliphatic carbocycles. The van der Waals surface area contributed by atoms with Gasteiger partial charge in [0.05, 0.1) is 0 Å². The maximum absolute atomic E-state index is 12.3. The number of likely N-dealkylation sites (N-methyl/N-ethyl adjacent to an activating group) is 2. The highest BCUT2D eigenvalue weighted by molar-refractivity contribution is 5.92. The minimum atomic E-state index is -0.252. The van der Waals surface area contributed by atoms with Gasteiger partial charge in [-0.2, -0.15) is 0 Å². The highest BCUT2D eigenvalue weighted by Gasteiger charge is 2.25. The van der Waals surface area contributed by atoms with E-state index in [9.17, 15) is 9.59 Å². The number of carbonyl (C=O) groups is 2. The van der Waals surface area contributed by atoms with Crippen LogP contribution in [0.4, 0.5) is 0 Å². The quantitative estimate of drug-likeness (QED) is 0.762. The van der Waals surface area contributed by atoms with Gasteiger partial charge in [-0.05, 0) is 18.8 Å². The van der Waals surface area contributed by atoms with Gasteiger partial charge in [0.2, 0.25) is 0 Å². The fourth-order valence-corrected chi connectivity index (χ4v) is 2.28. The Balaban J connectivity index is 1.50. The molecule has 0 aromatic carbocycles. The van der Waals surface area contributed by atoms with Crippen LogP contribution in [0.3, 0.4) is 0 Å². The Hall–Kier alpha value is -2.64. The van der Waals surface area contributed by atoms with Gasteiger partial charge in [0.25, 0.3) is 11.8 Å². The number of rotatable bonds is 7. The van der Waals surface area contributed by atoms with E-state index in [4.69, 9.17) is 8.83 Å². The Kier molecular flexibility index (Phi) is 4.64. The van der Waals surface area contributed by atoms with Crippen molar-refractivity contribution in [3.63, 3.8) is 0 Å². The van der Waals surface area contributed by atoms with Gasteiger partial charge < -0.3 is 18.6 Å². The minimum Gasteiger partial charge on any atom is -0.451 e. The smallest absolute Gasteiger partial charge is 0.275 e. The van der Waals surface area contributed by atoms with Gasteiger partial charge in [0, 0.05) is 33.6 Å². The molecule has 1 aliphatic rings. The van der Waals surface area contributed by atoms with Crippen molar-refractivity contribution >= 4 is 11.8 Å². The minimum absolute atomic E-state index is 0.219. The molecule has 1 fully saturated rings. The van der Waals surface area contributed by atoms with Crippen LogP contribution in [0.2, 0.25) is 0 Å². The van der Waals surface area contributed by atoms with Gasteiger partial charge in [0.1, 0.15) is 12.5 Å². The van der Waals surface area contributed by atoms with Crippen molar-refractivity contribution in [2.45, 2.75) is 19.3 Å². The first-order valence-electron chi connectivity index (χ1n) is 7.88. The van der Waals surface area contributed by atoms with Crippen molar-refractivity contribution in [3.05, 3.63) is 36.2 Å². The molecule has 0 bridgehead atoms. The van der Waals surface area contributed by atoms with Crippen LogP contribution in [0.15, 0.2) is 27.8 Å². The first kappa shape index (κ1) is 16.2. The standard InChI is InChI=1S/C16H20N4O4/c1-19(15(21)12-8-23-10-17-12)5-6-20(2)16(22)13-9-24-14(18-13)7-11-3-4-11/h8-11H,3-7H2,1-2H3. The zero-order chi connectivity index (χ0) is 17.1.